The number of halogens is 1. The molecule has 2 N–H and O–H groups in total. The molecule has 0 bridgehead atoms. The van der Waals surface area contributed by atoms with Gasteiger partial charge in [-0.05, 0) is 53.5 Å². The van der Waals surface area contributed by atoms with E-state index in [0.29, 0.717) is 15.9 Å². The van der Waals surface area contributed by atoms with Crippen molar-refractivity contribution in [1.82, 2.24) is 10.0 Å². The van der Waals surface area contributed by atoms with E-state index in [2.05, 4.69) is 26.0 Å². The van der Waals surface area contributed by atoms with Crippen LogP contribution in [0.4, 0.5) is 0 Å². The van der Waals surface area contributed by atoms with Gasteiger partial charge in [0.15, 0.2) is 0 Å². The third-order valence-corrected chi connectivity index (χ3v) is 5.27. The Bertz CT molecular complexity index is 510. The highest BCUT2D eigenvalue weighted by Crippen LogP contribution is 2.23. The number of nitrogens with one attached hydrogen (secondary N) is 2. The molecule has 0 aliphatic carbocycles. The van der Waals surface area contributed by atoms with Crippen LogP contribution in [0.2, 0.25) is 0 Å². The van der Waals surface area contributed by atoms with Crippen molar-refractivity contribution in [2.24, 2.45) is 0 Å². The smallest absolute Gasteiger partial charge is 0.241 e. The molecule has 1 aliphatic rings. The van der Waals surface area contributed by atoms with Gasteiger partial charge in [-0.15, -0.1) is 0 Å². The Balaban J connectivity index is 2.27. The lowest BCUT2D eigenvalue weighted by molar-refractivity contribution is 0.559. The highest BCUT2D eigenvalue weighted by Gasteiger charge is 2.24. The van der Waals surface area contributed by atoms with Gasteiger partial charge in [0, 0.05) is 17.1 Å². The third-order valence-electron chi connectivity index (χ3n) is 2.76. The number of benzene rings is 1. The van der Waals surface area contributed by atoms with Crippen LogP contribution in [0.25, 0.3) is 0 Å². The first-order chi connectivity index (χ1) is 7.99. The minimum absolute atomic E-state index is 0.00703. The fourth-order valence-electron chi connectivity index (χ4n) is 1.85. The Morgan fingerprint density at radius 3 is 2.88 bits per heavy atom. The summed E-state index contributed by atoms with van der Waals surface area (Å²) in [5, 5.41) is 3.13. The largest absolute Gasteiger partial charge is 0.315 e. The number of hydrogen-bond acceptors (Lipinski definition) is 3. The summed E-state index contributed by atoms with van der Waals surface area (Å²) in [6, 6.07) is 5.30. The van der Waals surface area contributed by atoms with Gasteiger partial charge in [-0.1, -0.05) is 6.07 Å². The van der Waals surface area contributed by atoms with E-state index in [9.17, 15) is 8.42 Å². The minimum Gasteiger partial charge on any atom is -0.315 e. The quantitative estimate of drug-likeness (QED) is 0.885. The fraction of sp³-hybridized carbons (Fsp3) is 0.455. The standard InChI is InChI=1S/C11H15BrN2O2S/c1-8-2-3-10(12)11(6-8)17(15,16)14-9-4-5-13-7-9/h2-3,6,9,13-14H,4-5,7H2,1H3/t9-/m1/s1. The number of sulfonamides is 1. The predicted octanol–water partition coefficient (Wildman–Crippen LogP) is 1.40. The van der Waals surface area contributed by atoms with Crippen molar-refractivity contribution < 1.29 is 8.42 Å². The Kier molecular flexibility index (Phi) is 3.87. The zero-order valence-corrected chi connectivity index (χ0v) is 11.9. The van der Waals surface area contributed by atoms with Gasteiger partial charge in [0.2, 0.25) is 10.0 Å². The minimum atomic E-state index is -3.43. The molecule has 0 amide bonds. The number of aryl methyl sites for hydroxylation is 1. The van der Waals surface area contributed by atoms with Crippen molar-refractivity contribution >= 4 is 26.0 Å². The topological polar surface area (TPSA) is 58.2 Å². The second-order valence-corrected chi connectivity index (χ2v) is 6.78. The Hall–Kier alpha value is -0.430. The van der Waals surface area contributed by atoms with Crippen LogP contribution in [0, 0.1) is 6.92 Å². The second-order valence-electron chi connectivity index (χ2n) is 4.24. The van der Waals surface area contributed by atoms with Crippen molar-refractivity contribution in [3.63, 3.8) is 0 Å². The molecule has 1 atom stereocenters. The fourth-order valence-corrected chi connectivity index (χ4v) is 4.17. The SMILES string of the molecule is Cc1ccc(Br)c(S(=O)(=O)N[C@@H]2CCNC2)c1. The molecule has 2 rings (SSSR count). The van der Waals surface area contributed by atoms with Crippen LogP contribution < -0.4 is 10.0 Å². The molecule has 0 unspecified atom stereocenters. The number of hydrogen-bond donors (Lipinski definition) is 2. The van der Waals surface area contributed by atoms with Crippen molar-refractivity contribution in [3.05, 3.63) is 28.2 Å². The van der Waals surface area contributed by atoms with E-state index in [1.54, 1.807) is 12.1 Å². The zero-order chi connectivity index (χ0) is 12.5. The first-order valence-electron chi connectivity index (χ1n) is 5.48. The van der Waals surface area contributed by atoms with Crippen molar-refractivity contribution in [2.45, 2.75) is 24.3 Å². The van der Waals surface area contributed by atoms with E-state index in [-0.39, 0.29) is 6.04 Å². The zero-order valence-electron chi connectivity index (χ0n) is 9.53. The molecule has 4 nitrogen and oxygen atoms in total. The van der Waals surface area contributed by atoms with E-state index in [4.69, 9.17) is 0 Å². The molecule has 1 aliphatic heterocycles. The summed E-state index contributed by atoms with van der Waals surface area (Å²) in [4.78, 5) is 0.310. The molecule has 94 valence electrons. The van der Waals surface area contributed by atoms with Gasteiger partial charge in [-0.25, -0.2) is 13.1 Å². The maximum absolute atomic E-state index is 12.2. The van der Waals surface area contributed by atoms with Crippen LogP contribution in [-0.2, 0) is 10.0 Å². The number of rotatable bonds is 3. The summed E-state index contributed by atoms with van der Waals surface area (Å²) in [5.74, 6) is 0. The molecule has 0 spiro atoms. The van der Waals surface area contributed by atoms with Crippen molar-refractivity contribution in [3.8, 4) is 0 Å². The summed E-state index contributed by atoms with van der Waals surface area (Å²) < 4.78 is 27.7. The summed E-state index contributed by atoms with van der Waals surface area (Å²) in [6.07, 6.45) is 0.836. The molecule has 0 saturated carbocycles. The van der Waals surface area contributed by atoms with Gasteiger partial charge < -0.3 is 5.32 Å². The van der Waals surface area contributed by atoms with E-state index in [1.165, 1.54) is 0 Å². The molecular formula is C11H15BrN2O2S. The lowest BCUT2D eigenvalue weighted by atomic mass is 10.2. The maximum Gasteiger partial charge on any atom is 0.241 e. The highest BCUT2D eigenvalue weighted by molar-refractivity contribution is 9.10. The third kappa shape index (κ3) is 3.07. The average molecular weight is 319 g/mol. The normalized spacial score (nSPS) is 20.7. The molecule has 1 saturated heterocycles. The van der Waals surface area contributed by atoms with E-state index in [0.717, 1.165) is 18.5 Å². The first-order valence-corrected chi connectivity index (χ1v) is 7.76. The summed E-state index contributed by atoms with van der Waals surface area (Å²) in [5.41, 5.74) is 0.929. The van der Waals surface area contributed by atoms with Gasteiger partial charge in [-0.3, -0.25) is 0 Å². The summed E-state index contributed by atoms with van der Waals surface area (Å²) in [6.45, 7) is 3.44. The molecule has 6 heteroatoms. The lowest BCUT2D eigenvalue weighted by Crippen LogP contribution is -2.36. The molecule has 1 aromatic rings. The molecule has 1 fully saturated rings. The van der Waals surface area contributed by atoms with Gasteiger partial charge in [0.1, 0.15) is 0 Å². The van der Waals surface area contributed by atoms with Crippen LogP contribution >= 0.6 is 15.9 Å². The van der Waals surface area contributed by atoms with Crippen LogP contribution in [0.1, 0.15) is 12.0 Å². The molecule has 0 aromatic heterocycles. The predicted molar refractivity (Wildman–Crippen MR) is 70.5 cm³/mol. The summed E-state index contributed by atoms with van der Waals surface area (Å²) >= 11 is 3.28. The Morgan fingerprint density at radius 2 is 2.24 bits per heavy atom. The van der Waals surface area contributed by atoms with Crippen LogP contribution in [-0.4, -0.2) is 27.5 Å². The average Bonchev–Trinajstić information content (AvgIpc) is 2.73. The maximum atomic E-state index is 12.2. The molecule has 17 heavy (non-hydrogen) atoms. The van der Waals surface area contributed by atoms with Gasteiger partial charge in [0.25, 0.3) is 0 Å². The van der Waals surface area contributed by atoms with Gasteiger partial charge >= 0.3 is 0 Å². The monoisotopic (exact) mass is 318 g/mol. The Morgan fingerprint density at radius 1 is 1.47 bits per heavy atom. The first kappa shape index (κ1) is 13.0. The van der Waals surface area contributed by atoms with Gasteiger partial charge in [0.05, 0.1) is 4.90 Å². The van der Waals surface area contributed by atoms with E-state index >= 15 is 0 Å². The second kappa shape index (κ2) is 5.06. The van der Waals surface area contributed by atoms with Gasteiger partial charge in [-0.2, -0.15) is 0 Å². The molecule has 1 aromatic carbocycles. The van der Waals surface area contributed by atoms with E-state index < -0.39 is 10.0 Å². The van der Waals surface area contributed by atoms with E-state index in [1.807, 2.05) is 13.0 Å². The summed E-state index contributed by atoms with van der Waals surface area (Å²) in [7, 11) is -3.43. The van der Waals surface area contributed by atoms with Crippen LogP contribution in [0.5, 0.6) is 0 Å². The van der Waals surface area contributed by atoms with Crippen LogP contribution in [0.15, 0.2) is 27.6 Å². The van der Waals surface area contributed by atoms with Crippen molar-refractivity contribution in [2.75, 3.05) is 13.1 Å². The Labute approximate surface area is 110 Å². The van der Waals surface area contributed by atoms with Crippen LogP contribution in [0.3, 0.4) is 0 Å². The molecule has 1 heterocycles. The lowest BCUT2D eigenvalue weighted by Gasteiger charge is -2.13. The highest BCUT2D eigenvalue weighted by atomic mass is 79.9. The molecular weight excluding hydrogens is 304 g/mol. The van der Waals surface area contributed by atoms with Crippen molar-refractivity contribution in [1.29, 1.82) is 0 Å². The molecule has 0 radical (unpaired) electrons.